The molecule has 1 aromatic heterocycles. The van der Waals surface area contributed by atoms with Gasteiger partial charge in [0.15, 0.2) is 0 Å². The highest BCUT2D eigenvalue weighted by atomic mass is 16.3. The van der Waals surface area contributed by atoms with Gasteiger partial charge in [-0.25, -0.2) is 0 Å². The van der Waals surface area contributed by atoms with Crippen molar-refractivity contribution in [1.82, 2.24) is 9.88 Å². The lowest BCUT2D eigenvalue weighted by atomic mass is 10.00. The van der Waals surface area contributed by atoms with E-state index in [2.05, 4.69) is 4.98 Å². The predicted molar refractivity (Wildman–Crippen MR) is 76.4 cm³/mol. The van der Waals surface area contributed by atoms with Gasteiger partial charge in [0.25, 0.3) is 5.91 Å². The van der Waals surface area contributed by atoms with E-state index < -0.39 is 0 Å². The van der Waals surface area contributed by atoms with Gasteiger partial charge in [0.1, 0.15) is 5.69 Å². The SMILES string of the molecule is O=C(c1cc2ccccc2[nH]1)N1CC2CCC(O)C2C1. The third kappa shape index (κ3) is 1.75. The smallest absolute Gasteiger partial charge is 0.270 e. The van der Waals surface area contributed by atoms with Crippen LogP contribution >= 0.6 is 0 Å². The van der Waals surface area contributed by atoms with Gasteiger partial charge < -0.3 is 15.0 Å². The molecule has 0 bridgehead atoms. The van der Waals surface area contributed by atoms with E-state index in [-0.39, 0.29) is 17.9 Å². The number of aliphatic hydroxyl groups excluding tert-OH is 1. The number of carbonyl (C=O) groups excluding carboxylic acids is 1. The van der Waals surface area contributed by atoms with Gasteiger partial charge in [0.2, 0.25) is 0 Å². The largest absolute Gasteiger partial charge is 0.393 e. The molecular formula is C16H18N2O2. The number of aromatic amines is 1. The maximum absolute atomic E-state index is 12.6. The zero-order valence-electron chi connectivity index (χ0n) is 11.2. The standard InChI is InChI=1S/C16H18N2O2/c19-15-6-5-11-8-18(9-12(11)15)16(20)14-7-10-3-1-2-4-13(10)17-14/h1-4,7,11-12,15,17,19H,5-6,8-9H2. The molecule has 4 nitrogen and oxygen atoms in total. The molecule has 4 rings (SSSR count). The minimum absolute atomic E-state index is 0.0581. The van der Waals surface area contributed by atoms with E-state index in [1.807, 2.05) is 35.2 Å². The molecule has 1 saturated carbocycles. The molecule has 2 aliphatic rings. The van der Waals surface area contributed by atoms with Crippen molar-refractivity contribution in [3.8, 4) is 0 Å². The first-order valence-corrected chi connectivity index (χ1v) is 7.27. The molecule has 3 atom stereocenters. The number of benzene rings is 1. The fourth-order valence-corrected chi connectivity index (χ4v) is 3.76. The minimum atomic E-state index is -0.222. The summed E-state index contributed by atoms with van der Waals surface area (Å²) in [5.74, 6) is 0.824. The van der Waals surface area contributed by atoms with E-state index in [9.17, 15) is 9.90 Å². The van der Waals surface area contributed by atoms with Gasteiger partial charge in [-0.2, -0.15) is 0 Å². The van der Waals surface area contributed by atoms with Crippen molar-refractivity contribution in [2.75, 3.05) is 13.1 Å². The van der Waals surface area contributed by atoms with Gasteiger partial charge in [0.05, 0.1) is 6.10 Å². The molecule has 20 heavy (non-hydrogen) atoms. The minimum Gasteiger partial charge on any atom is -0.393 e. The number of likely N-dealkylation sites (tertiary alicyclic amines) is 1. The van der Waals surface area contributed by atoms with Crippen LogP contribution in [0.25, 0.3) is 10.9 Å². The first-order chi connectivity index (χ1) is 9.72. The van der Waals surface area contributed by atoms with Crippen LogP contribution in [-0.2, 0) is 0 Å². The predicted octanol–water partition coefficient (Wildman–Crippen LogP) is 2.01. The number of nitrogens with one attached hydrogen (secondary N) is 1. The monoisotopic (exact) mass is 270 g/mol. The second-order valence-corrected chi connectivity index (χ2v) is 6.05. The van der Waals surface area contributed by atoms with Gasteiger partial charge in [-0.15, -0.1) is 0 Å². The average molecular weight is 270 g/mol. The number of hydrogen-bond donors (Lipinski definition) is 2. The number of rotatable bonds is 1. The Morgan fingerprint density at radius 2 is 2.10 bits per heavy atom. The third-order valence-corrected chi connectivity index (χ3v) is 4.87. The number of aromatic nitrogens is 1. The maximum Gasteiger partial charge on any atom is 0.270 e. The van der Waals surface area contributed by atoms with Crippen LogP contribution in [0.4, 0.5) is 0 Å². The second kappa shape index (κ2) is 4.35. The van der Waals surface area contributed by atoms with Crippen LogP contribution in [0, 0.1) is 11.8 Å². The van der Waals surface area contributed by atoms with Crippen molar-refractivity contribution in [2.24, 2.45) is 11.8 Å². The lowest BCUT2D eigenvalue weighted by Crippen LogP contribution is -2.31. The Kier molecular flexibility index (Phi) is 2.60. The molecule has 1 aliphatic carbocycles. The van der Waals surface area contributed by atoms with Crippen molar-refractivity contribution < 1.29 is 9.90 Å². The number of H-pyrrole nitrogens is 1. The Morgan fingerprint density at radius 3 is 2.90 bits per heavy atom. The lowest BCUT2D eigenvalue weighted by Gasteiger charge is -2.17. The van der Waals surface area contributed by atoms with Crippen molar-refractivity contribution in [3.05, 3.63) is 36.0 Å². The molecule has 2 fully saturated rings. The summed E-state index contributed by atoms with van der Waals surface area (Å²) < 4.78 is 0. The highest BCUT2D eigenvalue weighted by Crippen LogP contribution is 2.38. The van der Waals surface area contributed by atoms with Gasteiger partial charge >= 0.3 is 0 Å². The van der Waals surface area contributed by atoms with Gasteiger partial charge in [-0.3, -0.25) is 4.79 Å². The summed E-state index contributed by atoms with van der Waals surface area (Å²) in [7, 11) is 0. The third-order valence-electron chi connectivity index (χ3n) is 4.87. The van der Waals surface area contributed by atoms with Crippen LogP contribution in [0.1, 0.15) is 23.3 Å². The molecule has 0 spiro atoms. The molecule has 1 aliphatic heterocycles. The van der Waals surface area contributed by atoms with Crippen molar-refractivity contribution in [3.63, 3.8) is 0 Å². The lowest BCUT2D eigenvalue weighted by molar-refractivity contribution is 0.0747. The Morgan fingerprint density at radius 1 is 1.25 bits per heavy atom. The van der Waals surface area contributed by atoms with E-state index in [4.69, 9.17) is 0 Å². The highest BCUT2D eigenvalue weighted by Gasteiger charge is 2.43. The van der Waals surface area contributed by atoms with Crippen molar-refractivity contribution in [1.29, 1.82) is 0 Å². The zero-order valence-corrected chi connectivity index (χ0v) is 11.2. The quantitative estimate of drug-likeness (QED) is 0.833. The topological polar surface area (TPSA) is 56.3 Å². The van der Waals surface area contributed by atoms with Crippen molar-refractivity contribution in [2.45, 2.75) is 18.9 Å². The molecule has 0 radical (unpaired) electrons. The van der Waals surface area contributed by atoms with Crippen LogP contribution < -0.4 is 0 Å². The van der Waals surface area contributed by atoms with Crippen LogP contribution in [0.3, 0.4) is 0 Å². The van der Waals surface area contributed by atoms with Crippen molar-refractivity contribution >= 4 is 16.8 Å². The molecule has 4 heteroatoms. The van der Waals surface area contributed by atoms with Crippen LogP contribution in [0.2, 0.25) is 0 Å². The fraction of sp³-hybridized carbons (Fsp3) is 0.438. The number of carbonyl (C=O) groups is 1. The molecule has 2 aromatic rings. The Hall–Kier alpha value is -1.81. The summed E-state index contributed by atoms with van der Waals surface area (Å²) in [6.07, 6.45) is 1.71. The first kappa shape index (κ1) is 12.0. The van der Waals surface area contributed by atoms with E-state index in [1.54, 1.807) is 0 Å². The van der Waals surface area contributed by atoms with Crippen LogP contribution in [-0.4, -0.2) is 40.1 Å². The molecule has 1 aromatic carbocycles. The fourth-order valence-electron chi connectivity index (χ4n) is 3.76. The summed E-state index contributed by atoms with van der Waals surface area (Å²) >= 11 is 0. The average Bonchev–Trinajstić information content (AvgIpc) is 3.13. The molecule has 2 N–H and O–H groups in total. The maximum atomic E-state index is 12.6. The van der Waals surface area contributed by atoms with E-state index in [1.165, 1.54) is 0 Å². The molecule has 1 saturated heterocycles. The molecular weight excluding hydrogens is 252 g/mol. The number of nitrogens with zero attached hydrogens (tertiary/aromatic N) is 1. The van der Waals surface area contributed by atoms with Gasteiger partial charge in [0, 0.05) is 29.9 Å². The molecule has 1 amide bonds. The van der Waals surface area contributed by atoms with Crippen LogP contribution in [0.15, 0.2) is 30.3 Å². The van der Waals surface area contributed by atoms with Gasteiger partial charge in [-0.1, -0.05) is 18.2 Å². The summed E-state index contributed by atoms with van der Waals surface area (Å²) in [5, 5.41) is 11.0. The number of aliphatic hydroxyl groups is 1. The highest BCUT2D eigenvalue weighted by molar-refractivity contribution is 5.98. The number of para-hydroxylation sites is 1. The molecule has 3 unspecified atom stereocenters. The Balaban J connectivity index is 1.58. The molecule has 104 valence electrons. The zero-order chi connectivity index (χ0) is 13.7. The van der Waals surface area contributed by atoms with E-state index in [0.29, 0.717) is 18.2 Å². The van der Waals surface area contributed by atoms with E-state index in [0.717, 1.165) is 30.3 Å². The Bertz CT molecular complexity index is 630. The number of fused-ring (bicyclic) bond motifs is 2. The second-order valence-electron chi connectivity index (χ2n) is 6.05. The Labute approximate surface area is 117 Å². The van der Waals surface area contributed by atoms with Gasteiger partial charge in [-0.05, 0) is 30.9 Å². The van der Waals surface area contributed by atoms with Crippen LogP contribution in [0.5, 0.6) is 0 Å². The molecule has 2 heterocycles. The van der Waals surface area contributed by atoms with E-state index >= 15 is 0 Å². The summed E-state index contributed by atoms with van der Waals surface area (Å²) in [4.78, 5) is 17.7. The summed E-state index contributed by atoms with van der Waals surface area (Å²) in [6, 6.07) is 9.84. The number of amides is 1. The first-order valence-electron chi connectivity index (χ1n) is 7.27. The summed E-state index contributed by atoms with van der Waals surface area (Å²) in [6.45, 7) is 1.48. The normalized spacial score (nSPS) is 29.1. The number of hydrogen-bond acceptors (Lipinski definition) is 2. The summed E-state index contributed by atoms with van der Waals surface area (Å²) in [5.41, 5.74) is 1.65.